The van der Waals surface area contributed by atoms with Gasteiger partial charge in [-0.3, -0.25) is 0 Å². The smallest absolute Gasteiger partial charge is 0.161 e. The highest BCUT2D eigenvalue weighted by atomic mass is 35.5. The molecule has 0 aliphatic heterocycles. The summed E-state index contributed by atoms with van der Waals surface area (Å²) in [5, 5.41) is 4.27. The summed E-state index contributed by atoms with van der Waals surface area (Å²) in [5.74, 6) is 1.50. The van der Waals surface area contributed by atoms with E-state index in [1.54, 1.807) is 0 Å². The Kier molecular flexibility index (Phi) is 7.35. The molecule has 28 heavy (non-hydrogen) atoms. The highest BCUT2D eigenvalue weighted by molar-refractivity contribution is 6.30. The largest absolute Gasteiger partial charge is 0.490 e. The van der Waals surface area contributed by atoms with Crippen LogP contribution < -0.4 is 14.8 Å². The summed E-state index contributed by atoms with van der Waals surface area (Å²) in [6.45, 7) is 5.93. The number of nitrogens with one attached hydrogen (secondary N) is 1. The number of ether oxygens (including phenoxy) is 2. The minimum absolute atomic E-state index is 0.274. The van der Waals surface area contributed by atoms with Gasteiger partial charge in [0.15, 0.2) is 11.5 Å². The summed E-state index contributed by atoms with van der Waals surface area (Å²) >= 11 is 6.05. The van der Waals surface area contributed by atoms with E-state index >= 15 is 0 Å². The van der Waals surface area contributed by atoms with Gasteiger partial charge in [0.05, 0.1) is 6.61 Å². The van der Waals surface area contributed by atoms with Crippen LogP contribution in [0.15, 0.2) is 72.8 Å². The number of hydrogen-bond donors (Lipinski definition) is 1. The number of halogens is 1. The van der Waals surface area contributed by atoms with Crippen molar-refractivity contribution in [3.8, 4) is 11.5 Å². The molecule has 0 saturated carbocycles. The van der Waals surface area contributed by atoms with Crippen LogP contribution in [0.5, 0.6) is 11.5 Å². The molecule has 3 nitrogen and oxygen atoms in total. The molecule has 0 amide bonds. The first-order valence-corrected chi connectivity index (χ1v) is 9.95. The van der Waals surface area contributed by atoms with Crippen molar-refractivity contribution < 1.29 is 9.47 Å². The maximum absolute atomic E-state index is 6.05. The Labute approximate surface area is 172 Å². The zero-order valence-electron chi connectivity index (χ0n) is 16.3. The molecule has 4 heteroatoms. The molecule has 1 atom stereocenters. The number of benzene rings is 3. The lowest BCUT2D eigenvalue weighted by molar-refractivity contribution is 0.269. The van der Waals surface area contributed by atoms with Gasteiger partial charge in [-0.2, -0.15) is 0 Å². The summed E-state index contributed by atoms with van der Waals surface area (Å²) in [6.07, 6.45) is 0. The minimum atomic E-state index is 0.274. The molecular formula is C24H26ClNO2. The summed E-state index contributed by atoms with van der Waals surface area (Å²) in [4.78, 5) is 0. The lowest BCUT2D eigenvalue weighted by atomic mass is 10.1. The van der Waals surface area contributed by atoms with E-state index in [0.29, 0.717) is 18.2 Å². The minimum Gasteiger partial charge on any atom is -0.490 e. The highest BCUT2D eigenvalue weighted by Gasteiger charge is 2.09. The van der Waals surface area contributed by atoms with E-state index in [0.717, 1.165) is 29.2 Å². The van der Waals surface area contributed by atoms with Crippen molar-refractivity contribution in [1.29, 1.82) is 0 Å². The monoisotopic (exact) mass is 395 g/mol. The Morgan fingerprint density at radius 2 is 1.68 bits per heavy atom. The molecule has 0 aliphatic rings. The summed E-state index contributed by atoms with van der Waals surface area (Å²) in [6, 6.07) is 24.5. The first-order chi connectivity index (χ1) is 13.7. The molecule has 3 aromatic carbocycles. The Balaban J connectivity index is 1.64. The van der Waals surface area contributed by atoms with Gasteiger partial charge >= 0.3 is 0 Å². The quantitative estimate of drug-likeness (QED) is 0.470. The molecular weight excluding hydrogens is 370 g/mol. The maximum Gasteiger partial charge on any atom is 0.161 e. The fourth-order valence-corrected chi connectivity index (χ4v) is 3.18. The van der Waals surface area contributed by atoms with Crippen LogP contribution in [0.4, 0.5) is 0 Å². The van der Waals surface area contributed by atoms with Crippen LogP contribution in [0.3, 0.4) is 0 Å². The van der Waals surface area contributed by atoms with Crippen LogP contribution in [0.2, 0.25) is 5.02 Å². The molecule has 0 heterocycles. The van der Waals surface area contributed by atoms with Crippen molar-refractivity contribution in [2.24, 2.45) is 0 Å². The third kappa shape index (κ3) is 5.75. The summed E-state index contributed by atoms with van der Waals surface area (Å²) in [5.41, 5.74) is 3.45. The topological polar surface area (TPSA) is 30.5 Å². The standard InChI is InChI=1S/C24H26ClNO2/c1-3-27-24-15-19(16-26-18(2)21-9-5-4-6-10-21)12-13-23(24)28-17-20-8-7-11-22(25)14-20/h4-15,18,26H,3,16-17H2,1-2H3/t18-/m0/s1. The molecule has 3 rings (SSSR count). The number of hydrogen-bond acceptors (Lipinski definition) is 3. The average molecular weight is 396 g/mol. The predicted molar refractivity (Wildman–Crippen MR) is 115 cm³/mol. The van der Waals surface area contributed by atoms with Gasteiger partial charge in [0.2, 0.25) is 0 Å². The lowest BCUT2D eigenvalue weighted by Crippen LogP contribution is -2.18. The fraction of sp³-hybridized carbons (Fsp3) is 0.250. The molecule has 146 valence electrons. The average Bonchev–Trinajstić information content (AvgIpc) is 2.72. The van der Waals surface area contributed by atoms with E-state index in [-0.39, 0.29) is 6.04 Å². The Bertz CT molecular complexity index is 883. The van der Waals surface area contributed by atoms with Crippen LogP contribution in [0, 0.1) is 0 Å². The van der Waals surface area contributed by atoms with Gasteiger partial charge in [-0.1, -0.05) is 60.1 Å². The normalized spacial score (nSPS) is 11.8. The Morgan fingerprint density at radius 3 is 2.43 bits per heavy atom. The van der Waals surface area contributed by atoms with Crippen LogP contribution in [-0.2, 0) is 13.2 Å². The van der Waals surface area contributed by atoms with Gasteiger partial charge in [0.25, 0.3) is 0 Å². The Hall–Kier alpha value is -2.49. The van der Waals surface area contributed by atoms with Gasteiger partial charge in [0, 0.05) is 17.6 Å². The predicted octanol–water partition coefficient (Wildman–Crippen LogP) is 6.17. The van der Waals surface area contributed by atoms with Gasteiger partial charge in [-0.25, -0.2) is 0 Å². The second-order valence-corrected chi connectivity index (χ2v) is 7.08. The van der Waals surface area contributed by atoms with Crippen molar-refractivity contribution in [1.82, 2.24) is 5.32 Å². The molecule has 0 aliphatic carbocycles. The first-order valence-electron chi connectivity index (χ1n) is 9.57. The van der Waals surface area contributed by atoms with Gasteiger partial charge in [-0.15, -0.1) is 0 Å². The van der Waals surface area contributed by atoms with Gasteiger partial charge < -0.3 is 14.8 Å². The first kappa shape index (κ1) is 20.2. The molecule has 0 saturated heterocycles. The van der Waals surface area contributed by atoms with Crippen molar-refractivity contribution in [3.63, 3.8) is 0 Å². The maximum atomic E-state index is 6.05. The van der Waals surface area contributed by atoms with E-state index in [4.69, 9.17) is 21.1 Å². The number of rotatable bonds is 9. The Morgan fingerprint density at radius 1 is 0.857 bits per heavy atom. The molecule has 0 spiro atoms. The van der Waals surface area contributed by atoms with Crippen LogP contribution in [-0.4, -0.2) is 6.61 Å². The molecule has 3 aromatic rings. The van der Waals surface area contributed by atoms with Gasteiger partial charge in [-0.05, 0) is 54.8 Å². The zero-order chi connectivity index (χ0) is 19.8. The molecule has 0 unspecified atom stereocenters. The van der Waals surface area contributed by atoms with Gasteiger partial charge in [0.1, 0.15) is 6.61 Å². The van der Waals surface area contributed by atoms with E-state index in [1.165, 1.54) is 5.56 Å². The van der Waals surface area contributed by atoms with E-state index in [1.807, 2.05) is 49.4 Å². The molecule has 1 N–H and O–H groups in total. The van der Waals surface area contributed by atoms with E-state index in [2.05, 4.69) is 42.6 Å². The second-order valence-electron chi connectivity index (χ2n) is 6.65. The van der Waals surface area contributed by atoms with E-state index in [9.17, 15) is 0 Å². The van der Waals surface area contributed by atoms with Crippen molar-refractivity contribution >= 4 is 11.6 Å². The molecule has 0 bridgehead atoms. The molecule has 0 aromatic heterocycles. The SMILES string of the molecule is CCOc1cc(CN[C@@H](C)c2ccccc2)ccc1OCc1cccc(Cl)c1. The summed E-state index contributed by atoms with van der Waals surface area (Å²) in [7, 11) is 0. The van der Waals surface area contributed by atoms with Crippen LogP contribution in [0.1, 0.15) is 36.6 Å². The van der Waals surface area contributed by atoms with E-state index < -0.39 is 0 Å². The fourth-order valence-electron chi connectivity index (χ4n) is 2.97. The third-order valence-corrected chi connectivity index (χ3v) is 4.74. The lowest BCUT2D eigenvalue weighted by Gasteiger charge is -2.16. The van der Waals surface area contributed by atoms with Crippen molar-refractivity contribution in [2.45, 2.75) is 33.0 Å². The third-order valence-electron chi connectivity index (χ3n) is 4.50. The molecule has 0 fully saturated rings. The second kappa shape index (κ2) is 10.2. The molecule has 0 radical (unpaired) electrons. The summed E-state index contributed by atoms with van der Waals surface area (Å²) < 4.78 is 11.8. The zero-order valence-corrected chi connectivity index (χ0v) is 17.1. The van der Waals surface area contributed by atoms with Crippen LogP contribution in [0.25, 0.3) is 0 Å². The van der Waals surface area contributed by atoms with Crippen molar-refractivity contribution in [3.05, 3.63) is 94.5 Å². The van der Waals surface area contributed by atoms with Crippen LogP contribution >= 0.6 is 11.6 Å². The highest BCUT2D eigenvalue weighted by Crippen LogP contribution is 2.30. The van der Waals surface area contributed by atoms with Crippen molar-refractivity contribution in [2.75, 3.05) is 6.61 Å².